The van der Waals surface area contributed by atoms with Crippen LogP contribution in [0.25, 0.3) is 0 Å². The van der Waals surface area contributed by atoms with Crippen LogP contribution in [0.3, 0.4) is 0 Å². The maximum atomic E-state index is 12.8. The van der Waals surface area contributed by atoms with Gasteiger partial charge >= 0.3 is 12.1 Å². The van der Waals surface area contributed by atoms with Crippen LogP contribution in [0.1, 0.15) is 22.3 Å². The van der Waals surface area contributed by atoms with Gasteiger partial charge in [0.1, 0.15) is 0 Å². The fourth-order valence-corrected chi connectivity index (χ4v) is 3.41. The third kappa shape index (κ3) is 3.03. The fraction of sp³-hybridized carbons (Fsp3) is 0.417. The molecule has 0 bridgehead atoms. The number of sulfonamides is 1. The molecule has 0 N–H and O–H groups in total. The molecular weight excluding hydrogens is 311 g/mol. The Hall–Kier alpha value is -1.61. The van der Waals surface area contributed by atoms with Crippen molar-refractivity contribution >= 4 is 16.0 Å². The number of hydrogen-bond acceptors (Lipinski definition) is 4. The molecule has 0 amide bonds. The summed E-state index contributed by atoms with van der Waals surface area (Å²) in [7, 11) is -3.02. The highest BCUT2D eigenvalue weighted by Crippen LogP contribution is 2.33. The number of esters is 1. The Morgan fingerprint density at radius 2 is 1.86 bits per heavy atom. The normalized spacial score (nSPS) is 16.4. The second-order valence-electron chi connectivity index (χ2n) is 4.49. The van der Waals surface area contributed by atoms with Crippen LogP contribution in [0.5, 0.6) is 0 Å². The molecule has 1 aliphatic heterocycles. The van der Waals surface area contributed by atoms with Crippen molar-refractivity contribution < 1.29 is 31.1 Å². The number of hydrogen-bond donors (Lipinski definition) is 0. The van der Waals surface area contributed by atoms with Crippen molar-refractivity contribution in [3.05, 3.63) is 29.3 Å². The number of methoxy groups -OCH3 is 1. The summed E-state index contributed by atoms with van der Waals surface area (Å²) in [6.07, 6.45) is -4.11. The van der Waals surface area contributed by atoms with Gasteiger partial charge in [0.05, 0.1) is 23.1 Å². The summed E-state index contributed by atoms with van der Waals surface area (Å²) in [5, 5.41) is 0. The number of rotatable bonds is 3. The van der Waals surface area contributed by atoms with Gasteiger partial charge in [-0.1, -0.05) is 0 Å². The SMILES string of the molecule is COC(=O)c1cc(C(F)(F)F)cc(S(=O)(=O)N2CCC2)c1. The largest absolute Gasteiger partial charge is 0.465 e. The van der Waals surface area contributed by atoms with Crippen molar-refractivity contribution in [3.63, 3.8) is 0 Å². The lowest BCUT2D eigenvalue weighted by atomic mass is 10.1. The molecule has 0 spiro atoms. The number of alkyl halides is 3. The van der Waals surface area contributed by atoms with E-state index in [9.17, 15) is 26.4 Å². The highest BCUT2D eigenvalue weighted by atomic mass is 32.2. The Morgan fingerprint density at radius 3 is 2.29 bits per heavy atom. The molecule has 1 aromatic rings. The second-order valence-corrected chi connectivity index (χ2v) is 6.43. The van der Waals surface area contributed by atoms with Gasteiger partial charge in [0.2, 0.25) is 10.0 Å². The van der Waals surface area contributed by atoms with Gasteiger partial charge in [-0.25, -0.2) is 13.2 Å². The number of carbonyl (C=O) groups is 1. The highest BCUT2D eigenvalue weighted by Gasteiger charge is 2.36. The van der Waals surface area contributed by atoms with E-state index >= 15 is 0 Å². The van der Waals surface area contributed by atoms with Gasteiger partial charge in [-0.15, -0.1) is 0 Å². The number of nitrogens with zero attached hydrogens (tertiary/aromatic N) is 1. The standard InChI is InChI=1S/C12H12F3NO4S/c1-20-11(17)8-5-9(12(13,14)15)7-10(6-8)21(18,19)16-3-2-4-16/h5-7H,2-4H2,1H3. The summed E-state index contributed by atoms with van der Waals surface area (Å²) in [5.74, 6) is -1.03. The molecule has 1 aliphatic rings. The van der Waals surface area contributed by atoms with Gasteiger partial charge in [0.25, 0.3) is 0 Å². The zero-order chi connectivity index (χ0) is 15.8. The van der Waals surface area contributed by atoms with Crippen molar-refractivity contribution in [2.24, 2.45) is 0 Å². The predicted molar refractivity (Wildman–Crippen MR) is 66.2 cm³/mol. The molecule has 0 aromatic heterocycles. The molecule has 1 fully saturated rings. The van der Waals surface area contributed by atoms with E-state index in [2.05, 4.69) is 4.74 Å². The van der Waals surface area contributed by atoms with Crippen LogP contribution in [0.4, 0.5) is 13.2 Å². The molecule has 5 nitrogen and oxygen atoms in total. The van der Waals surface area contributed by atoms with E-state index in [0.717, 1.165) is 17.5 Å². The Morgan fingerprint density at radius 1 is 1.24 bits per heavy atom. The lowest BCUT2D eigenvalue weighted by Crippen LogP contribution is -2.42. The minimum Gasteiger partial charge on any atom is -0.465 e. The van der Waals surface area contributed by atoms with Crippen LogP contribution < -0.4 is 0 Å². The number of ether oxygens (including phenoxy) is 1. The lowest BCUT2D eigenvalue weighted by molar-refractivity contribution is -0.137. The van der Waals surface area contributed by atoms with E-state index in [1.54, 1.807) is 0 Å². The van der Waals surface area contributed by atoms with Crippen molar-refractivity contribution in [1.29, 1.82) is 0 Å². The van der Waals surface area contributed by atoms with Crippen LogP contribution in [-0.4, -0.2) is 38.9 Å². The summed E-state index contributed by atoms with van der Waals surface area (Å²) in [6.45, 7) is 0.512. The molecule has 1 aromatic carbocycles. The van der Waals surface area contributed by atoms with Crippen LogP contribution in [-0.2, 0) is 20.9 Å². The summed E-state index contributed by atoms with van der Waals surface area (Å²) >= 11 is 0. The number of halogens is 3. The number of carbonyl (C=O) groups excluding carboxylic acids is 1. The molecule has 0 radical (unpaired) electrons. The topological polar surface area (TPSA) is 63.7 Å². The second kappa shape index (κ2) is 5.30. The van der Waals surface area contributed by atoms with Crippen LogP contribution in [0.2, 0.25) is 0 Å². The number of benzene rings is 1. The summed E-state index contributed by atoms with van der Waals surface area (Å²) in [4.78, 5) is 10.9. The van der Waals surface area contributed by atoms with E-state index in [4.69, 9.17) is 0 Å². The summed E-state index contributed by atoms with van der Waals surface area (Å²) < 4.78 is 68.3. The molecule has 21 heavy (non-hydrogen) atoms. The third-order valence-electron chi connectivity index (χ3n) is 3.11. The molecule has 0 saturated carbocycles. The van der Waals surface area contributed by atoms with Gasteiger partial charge in [-0.3, -0.25) is 0 Å². The van der Waals surface area contributed by atoms with Crippen molar-refractivity contribution in [3.8, 4) is 0 Å². The van der Waals surface area contributed by atoms with E-state index in [-0.39, 0.29) is 13.1 Å². The van der Waals surface area contributed by atoms with Crippen LogP contribution in [0.15, 0.2) is 23.1 Å². The quantitative estimate of drug-likeness (QED) is 0.797. The minimum atomic E-state index is -4.76. The average molecular weight is 323 g/mol. The predicted octanol–water partition coefficient (Wildman–Crippen LogP) is 1.89. The first kappa shape index (κ1) is 15.8. The van der Waals surface area contributed by atoms with Gasteiger partial charge in [-0.05, 0) is 24.6 Å². The molecule has 1 saturated heterocycles. The van der Waals surface area contributed by atoms with E-state index < -0.39 is 38.2 Å². The van der Waals surface area contributed by atoms with Gasteiger partial charge in [0, 0.05) is 13.1 Å². The molecule has 0 aliphatic carbocycles. The Labute approximate surface area is 119 Å². The van der Waals surface area contributed by atoms with Crippen LogP contribution in [0, 0.1) is 0 Å². The van der Waals surface area contributed by atoms with Crippen LogP contribution >= 0.6 is 0 Å². The zero-order valence-electron chi connectivity index (χ0n) is 11.0. The van der Waals surface area contributed by atoms with Gasteiger partial charge in [0.15, 0.2) is 0 Å². The van der Waals surface area contributed by atoms with Crippen molar-refractivity contribution in [1.82, 2.24) is 4.31 Å². The van der Waals surface area contributed by atoms with Crippen molar-refractivity contribution in [2.75, 3.05) is 20.2 Å². The molecule has 1 heterocycles. The smallest absolute Gasteiger partial charge is 0.416 e. The maximum absolute atomic E-state index is 12.8. The van der Waals surface area contributed by atoms with E-state index in [1.165, 1.54) is 0 Å². The summed E-state index contributed by atoms with van der Waals surface area (Å²) in [5.41, 5.74) is -1.66. The van der Waals surface area contributed by atoms with E-state index in [1.807, 2.05) is 0 Å². The molecule has 2 rings (SSSR count). The lowest BCUT2D eigenvalue weighted by Gasteiger charge is -2.30. The molecule has 9 heteroatoms. The van der Waals surface area contributed by atoms with Crippen molar-refractivity contribution in [2.45, 2.75) is 17.5 Å². The molecule has 116 valence electrons. The molecular formula is C12H12F3NO4S. The fourth-order valence-electron chi connectivity index (χ4n) is 1.82. The molecule has 0 unspecified atom stereocenters. The highest BCUT2D eigenvalue weighted by molar-refractivity contribution is 7.89. The first-order valence-corrected chi connectivity index (χ1v) is 7.41. The van der Waals surface area contributed by atoms with Gasteiger partial charge < -0.3 is 4.74 Å². The average Bonchev–Trinajstić information content (AvgIpc) is 2.33. The maximum Gasteiger partial charge on any atom is 0.416 e. The monoisotopic (exact) mass is 323 g/mol. The zero-order valence-corrected chi connectivity index (χ0v) is 11.8. The Bertz CT molecular complexity index is 666. The summed E-state index contributed by atoms with van der Waals surface area (Å²) in [6, 6.07) is 2.00. The van der Waals surface area contributed by atoms with E-state index in [0.29, 0.717) is 18.6 Å². The Balaban J connectivity index is 2.57. The molecule has 0 atom stereocenters. The Kier molecular flexibility index (Phi) is 3.98. The first-order valence-electron chi connectivity index (χ1n) is 5.97. The minimum absolute atomic E-state index is 0.256. The third-order valence-corrected chi connectivity index (χ3v) is 4.98. The van der Waals surface area contributed by atoms with Gasteiger partial charge in [-0.2, -0.15) is 17.5 Å². The first-order chi connectivity index (χ1) is 9.66.